The van der Waals surface area contributed by atoms with Gasteiger partial charge in [-0.2, -0.15) is 0 Å². The topological polar surface area (TPSA) is 365 Å². The number of azide groups is 1. The van der Waals surface area contributed by atoms with Crippen LogP contribution in [0.4, 0.5) is 0 Å². The van der Waals surface area contributed by atoms with Crippen LogP contribution in [0.1, 0.15) is 45.4 Å². The van der Waals surface area contributed by atoms with Gasteiger partial charge in [-0.15, -0.1) is 0 Å². The zero-order valence-corrected chi connectivity index (χ0v) is 30.3. The monoisotopic (exact) mass is 803 g/mol. The highest BCUT2D eigenvalue weighted by atomic mass is 16.8. The minimum absolute atomic E-state index is 0.158. The van der Waals surface area contributed by atoms with Gasteiger partial charge in [0.25, 0.3) is 0 Å². The van der Waals surface area contributed by atoms with E-state index in [0.717, 1.165) is 32.1 Å². The summed E-state index contributed by atoms with van der Waals surface area (Å²) in [5.74, 6) is 0. The second-order valence-corrected chi connectivity index (χ2v) is 14.1. The number of unbranched alkanes of at least 4 members (excludes halogenated alkanes) is 5. The number of ether oxygens (including phenoxy) is 8. The maximum absolute atomic E-state index is 11.6. The summed E-state index contributed by atoms with van der Waals surface area (Å²) < 4.78 is 45.8. The van der Waals surface area contributed by atoms with Crippen molar-refractivity contribution in [1.29, 1.82) is 0 Å². The van der Waals surface area contributed by atoms with Crippen molar-refractivity contribution in [1.82, 2.24) is 0 Å². The molecule has 0 saturated carbocycles. The highest BCUT2D eigenvalue weighted by Gasteiger charge is 2.55. The van der Waals surface area contributed by atoms with Gasteiger partial charge >= 0.3 is 0 Å². The Hall–Kier alpha value is -1.49. The van der Waals surface area contributed by atoms with Crippen molar-refractivity contribution >= 4 is 0 Å². The molecule has 4 rings (SSSR count). The first-order valence-electron chi connectivity index (χ1n) is 18.4. The zero-order chi connectivity index (χ0) is 40.4. The van der Waals surface area contributed by atoms with Crippen LogP contribution in [0, 0.1) is 0 Å². The summed E-state index contributed by atoms with van der Waals surface area (Å²) in [5, 5.41) is 129. The summed E-state index contributed by atoms with van der Waals surface area (Å²) in [4.78, 5) is 2.71. The van der Waals surface area contributed by atoms with E-state index >= 15 is 0 Å². The molecule has 0 bridgehead atoms. The van der Waals surface area contributed by atoms with Crippen LogP contribution in [-0.4, -0.2) is 217 Å². The van der Waals surface area contributed by atoms with Gasteiger partial charge in [0.2, 0.25) is 0 Å². The lowest BCUT2D eigenvalue weighted by Crippen LogP contribution is -2.67. The largest absolute Gasteiger partial charge is 0.394 e. The predicted octanol–water partition coefficient (Wildman–Crippen LogP) is -5.05. The van der Waals surface area contributed by atoms with Crippen molar-refractivity contribution in [2.45, 2.75) is 168 Å². The quantitative estimate of drug-likeness (QED) is 0.0252. The lowest BCUT2D eigenvalue weighted by Gasteiger charge is -2.50. The smallest absolute Gasteiger partial charge is 0.187 e. The molecule has 0 aromatic carbocycles. The van der Waals surface area contributed by atoms with Gasteiger partial charge in [-0.1, -0.05) is 30.8 Å². The fourth-order valence-electron chi connectivity index (χ4n) is 6.86. The van der Waals surface area contributed by atoms with Gasteiger partial charge in [-0.05, 0) is 25.3 Å². The number of hydrogen-bond acceptors (Lipinski definition) is 21. The molecule has 23 heteroatoms. The second-order valence-electron chi connectivity index (χ2n) is 14.1. The molecule has 23 nitrogen and oxygen atoms in total. The predicted molar refractivity (Wildman–Crippen MR) is 178 cm³/mol. The van der Waals surface area contributed by atoms with Crippen LogP contribution in [0.3, 0.4) is 0 Å². The van der Waals surface area contributed by atoms with E-state index in [2.05, 4.69) is 10.0 Å². The van der Waals surface area contributed by atoms with E-state index < -0.39 is 143 Å². The number of hydrogen-bond donors (Lipinski definition) is 12. The second kappa shape index (κ2) is 22.0. The molecule has 0 amide bonds. The molecule has 4 fully saturated rings. The average molecular weight is 804 g/mol. The maximum atomic E-state index is 11.6. The van der Waals surface area contributed by atoms with E-state index in [9.17, 15) is 61.3 Å². The molecule has 0 aliphatic carbocycles. The normalized spacial score (nSPS) is 45.3. The van der Waals surface area contributed by atoms with Crippen molar-refractivity contribution in [2.75, 3.05) is 33.0 Å². The summed E-state index contributed by atoms with van der Waals surface area (Å²) in [5.41, 5.74) is 8.33. The summed E-state index contributed by atoms with van der Waals surface area (Å²) in [6.45, 7) is -0.355. The van der Waals surface area contributed by atoms with Crippen molar-refractivity contribution in [2.24, 2.45) is 5.11 Å². The molecule has 0 radical (unpaired) electrons. The molecule has 4 heterocycles. The molecule has 4 saturated heterocycles. The molecular formula is C32H57N3O20. The highest BCUT2D eigenvalue weighted by molar-refractivity contribution is 4.98. The summed E-state index contributed by atoms with van der Waals surface area (Å²) in [7, 11) is 0. The fourth-order valence-corrected chi connectivity index (χ4v) is 6.86. The molecule has 0 aromatic heterocycles. The minimum Gasteiger partial charge on any atom is -0.394 e. The molecule has 55 heavy (non-hydrogen) atoms. The SMILES string of the molecule is CC1O[C@H](O[C@@H]2C(CO)O[C@@H](OCCCCCCCCN=[N+]=[N-])C(O)[C@H]2O)C(O)[C@@H](O[C@H]2O[C@@H](CO)[C@H](O)C(O)C2O)[C@H]1O[C@@H]1OC(CO)[C@H](O)[C@H](O)C1O. The zero-order valence-electron chi connectivity index (χ0n) is 30.3. The van der Waals surface area contributed by atoms with Crippen LogP contribution in [0.5, 0.6) is 0 Å². The molecule has 8 unspecified atom stereocenters. The van der Waals surface area contributed by atoms with Crippen LogP contribution < -0.4 is 0 Å². The van der Waals surface area contributed by atoms with Crippen molar-refractivity contribution in [3.05, 3.63) is 10.4 Å². The van der Waals surface area contributed by atoms with Crippen LogP contribution in [-0.2, 0) is 37.9 Å². The Morgan fingerprint density at radius 2 is 0.945 bits per heavy atom. The number of nitrogens with zero attached hydrogens (tertiary/aromatic N) is 3. The summed E-state index contributed by atoms with van der Waals surface area (Å²) in [6.07, 6.45) is -28.5. The van der Waals surface area contributed by atoms with Gasteiger partial charge in [0.15, 0.2) is 25.2 Å². The average Bonchev–Trinajstić information content (AvgIpc) is 3.17. The minimum atomic E-state index is -1.98. The molecular weight excluding hydrogens is 746 g/mol. The third-order valence-corrected chi connectivity index (χ3v) is 10.1. The molecule has 12 N–H and O–H groups in total. The Kier molecular flexibility index (Phi) is 18.5. The maximum Gasteiger partial charge on any atom is 0.187 e. The van der Waals surface area contributed by atoms with E-state index in [4.69, 9.17) is 43.4 Å². The van der Waals surface area contributed by atoms with Crippen molar-refractivity contribution in [3.63, 3.8) is 0 Å². The van der Waals surface area contributed by atoms with Crippen LogP contribution >= 0.6 is 0 Å². The summed E-state index contributed by atoms with van der Waals surface area (Å²) in [6, 6.07) is 0. The highest BCUT2D eigenvalue weighted by Crippen LogP contribution is 2.35. The first kappa shape index (κ1) is 46.2. The van der Waals surface area contributed by atoms with E-state index in [1.807, 2.05) is 0 Å². The molecule has 0 spiro atoms. The molecule has 320 valence electrons. The van der Waals surface area contributed by atoms with Gasteiger partial charge < -0.3 is 99.2 Å². The van der Waals surface area contributed by atoms with Crippen LogP contribution in [0.15, 0.2) is 5.11 Å². The van der Waals surface area contributed by atoms with E-state index in [-0.39, 0.29) is 6.61 Å². The number of aliphatic hydroxyl groups excluding tert-OH is 12. The van der Waals surface area contributed by atoms with Gasteiger partial charge in [0.1, 0.15) is 91.6 Å². The van der Waals surface area contributed by atoms with Gasteiger partial charge in [-0.25, -0.2) is 0 Å². The van der Waals surface area contributed by atoms with Gasteiger partial charge in [0, 0.05) is 18.1 Å². The third kappa shape index (κ3) is 11.4. The number of rotatable bonds is 19. The van der Waals surface area contributed by atoms with Gasteiger partial charge in [0.05, 0.1) is 25.9 Å². The van der Waals surface area contributed by atoms with Crippen LogP contribution in [0.2, 0.25) is 0 Å². The molecule has 20 atom stereocenters. The first-order valence-corrected chi connectivity index (χ1v) is 18.4. The standard InChI is InChI=1S/C32H57N3O20/c1-13-26(53-30-22(44)19(41)17(39)14(10-36)50-30)28(55-31-23(45)20(42)18(40)15(11-37)51-31)25(47)32(49-13)54-27-16(12-38)52-29(24(46)21(27)43)48-9-7-5-3-2-4-6-8-34-35-33/h13-32,36-47H,2-12H2,1H3/t13?,14?,15-,16?,17-,18-,19-,20?,21+,22?,23?,24?,25?,26-,27+,28+,29+,30-,31+,32+/m0/s1. The van der Waals surface area contributed by atoms with Gasteiger partial charge in [-0.3, -0.25) is 0 Å². The Balaban J connectivity index is 1.45. The fraction of sp³-hybridized carbons (Fsp3) is 1.00. The summed E-state index contributed by atoms with van der Waals surface area (Å²) >= 11 is 0. The Morgan fingerprint density at radius 1 is 0.491 bits per heavy atom. The van der Waals surface area contributed by atoms with Crippen LogP contribution in [0.25, 0.3) is 10.4 Å². The van der Waals surface area contributed by atoms with Crippen molar-refractivity contribution < 1.29 is 99.2 Å². The Morgan fingerprint density at radius 3 is 1.49 bits per heavy atom. The van der Waals surface area contributed by atoms with E-state index in [1.54, 1.807) is 0 Å². The first-order chi connectivity index (χ1) is 26.3. The van der Waals surface area contributed by atoms with Crippen molar-refractivity contribution in [3.8, 4) is 0 Å². The third-order valence-electron chi connectivity index (χ3n) is 10.1. The molecule has 0 aromatic rings. The lowest BCUT2D eigenvalue weighted by molar-refractivity contribution is -0.396. The van der Waals surface area contributed by atoms with E-state index in [0.29, 0.717) is 13.0 Å². The Bertz CT molecular complexity index is 1170. The molecule has 4 aliphatic heterocycles. The lowest BCUT2D eigenvalue weighted by atomic mass is 9.95. The number of aliphatic hydroxyl groups is 12. The Labute approximate surface area is 316 Å². The molecule has 4 aliphatic rings. The van der Waals surface area contributed by atoms with E-state index in [1.165, 1.54) is 6.92 Å².